The van der Waals surface area contributed by atoms with Gasteiger partial charge < -0.3 is 15.6 Å². The van der Waals surface area contributed by atoms with E-state index in [4.69, 9.17) is 19.6 Å². The van der Waals surface area contributed by atoms with Gasteiger partial charge >= 0.3 is 0 Å². The van der Waals surface area contributed by atoms with Crippen molar-refractivity contribution in [3.8, 4) is 11.5 Å². The fraction of sp³-hybridized carbons (Fsp3) is 0.286. The van der Waals surface area contributed by atoms with Crippen LogP contribution in [0.15, 0.2) is 29.2 Å². The molecule has 2 rings (SSSR count). The van der Waals surface area contributed by atoms with Gasteiger partial charge in [-0.05, 0) is 30.4 Å². The van der Waals surface area contributed by atoms with E-state index in [-0.39, 0.29) is 35.3 Å². The number of phenols is 1. The maximum absolute atomic E-state index is 11.3. The molecule has 25 heavy (non-hydrogen) atoms. The van der Waals surface area contributed by atoms with Crippen LogP contribution in [0.5, 0.6) is 11.5 Å². The van der Waals surface area contributed by atoms with Gasteiger partial charge in [0.25, 0.3) is 20.2 Å². The highest BCUT2D eigenvalue weighted by Gasteiger charge is 2.21. The van der Waals surface area contributed by atoms with E-state index in [1.807, 2.05) is 0 Å². The van der Waals surface area contributed by atoms with Gasteiger partial charge in [-0.2, -0.15) is 16.8 Å². The quantitative estimate of drug-likeness (QED) is 0.236. The number of hydrogen-bond acceptors (Lipinski definition) is 7. The number of ether oxygens (including phenoxy) is 1. The van der Waals surface area contributed by atoms with Crippen molar-refractivity contribution in [3.05, 3.63) is 24.3 Å². The van der Waals surface area contributed by atoms with Gasteiger partial charge in [0.15, 0.2) is 5.75 Å². The van der Waals surface area contributed by atoms with Crippen molar-refractivity contribution < 1.29 is 35.8 Å². The minimum absolute atomic E-state index is 0.105. The number of phenolic OH excluding ortho intramolecular Hbond substituents is 1. The molecular formula is C14H17NO8S2. The summed E-state index contributed by atoms with van der Waals surface area (Å²) in [5, 5.41) is 10.7. The molecule has 11 heteroatoms. The zero-order valence-corrected chi connectivity index (χ0v) is 14.5. The molecule has 0 aromatic heterocycles. The third kappa shape index (κ3) is 4.72. The predicted molar refractivity (Wildman–Crippen MR) is 91.0 cm³/mol. The number of hydrogen-bond donors (Lipinski definition) is 4. The molecule has 0 unspecified atom stereocenters. The van der Waals surface area contributed by atoms with E-state index in [0.29, 0.717) is 6.42 Å². The van der Waals surface area contributed by atoms with Gasteiger partial charge in [-0.25, -0.2) is 0 Å². The first kappa shape index (κ1) is 19.2. The number of nitrogen functional groups attached to an aromatic ring is 1. The van der Waals surface area contributed by atoms with Gasteiger partial charge in [0.05, 0.1) is 23.4 Å². The summed E-state index contributed by atoms with van der Waals surface area (Å²) in [6, 6.07) is 5.70. The summed E-state index contributed by atoms with van der Waals surface area (Å²) in [7, 11) is -8.63. The van der Waals surface area contributed by atoms with Crippen LogP contribution in [0.25, 0.3) is 10.8 Å². The topological polar surface area (TPSA) is 164 Å². The maximum atomic E-state index is 11.3. The molecule has 0 atom stereocenters. The van der Waals surface area contributed by atoms with E-state index in [2.05, 4.69) is 0 Å². The van der Waals surface area contributed by atoms with Crippen LogP contribution in [0.3, 0.4) is 0 Å². The van der Waals surface area contributed by atoms with Gasteiger partial charge in [-0.3, -0.25) is 9.11 Å². The molecule has 0 aliphatic carbocycles. The molecule has 0 aliphatic rings. The van der Waals surface area contributed by atoms with Crippen molar-refractivity contribution in [2.75, 3.05) is 18.1 Å². The number of unbranched alkanes of at least 4 members (excludes halogenated alkanes) is 1. The Morgan fingerprint density at radius 1 is 1.08 bits per heavy atom. The summed E-state index contributed by atoms with van der Waals surface area (Å²) in [6.07, 6.45) is 0.514. The Labute approximate surface area is 144 Å². The standard InChI is InChI=1S/C14H17NO8S2/c15-13-11(25(20,21)22)8-9-4-3-5-10(12(9)14(13)16)23-6-1-2-7-24(17,18)19/h3-5,8,16H,1-2,6-7,15H2,(H,17,18,19)(H,20,21,22). The van der Waals surface area contributed by atoms with Crippen LogP contribution < -0.4 is 10.5 Å². The molecule has 138 valence electrons. The maximum Gasteiger partial charge on any atom is 0.296 e. The molecule has 2 aromatic rings. The molecule has 0 amide bonds. The molecule has 0 spiro atoms. The lowest BCUT2D eigenvalue weighted by Gasteiger charge is -2.13. The highest BCUT2D eigenvalue weighted by molar-refractivity contribution is 7.86. The van der Waals surface area contributed by atoms with Crippen molar-refractivity contribution in [3.63, 3.8) is 0 Å². The lowest BCUT2D eigenvalue weighted by Crippen LogP contribution is -2.07. The number of rotatable bonds is 7. The Hall–Kier alpha value is -2.08. The Kier molecular flexibility index (Phi) is 5.42. The highest BCUT2D eigenvalue weighted by atomic mass is 32.2. The lowest BCUT2D eigenvalue weighted by molar-refractivity contribution is 0.311. The summed E-state index contributed by atoms with van der Waals surface area (Å²) in [5.74, 6) is -0.712. The van der Waals surface area contributed by atoms with E-state index in [1.54, 1.807) is 6.07 Å². The number of fused-ring (bicyclic) bond motifs is 1. The van der Waals surface area contributed by atoms with Crippen LogP contribution in [-0.4, -0.2) is 43.4 Å². The van der Waals surface area contributed by atoms with Gasteiger partial charge in [-0.1, -0.05) is 12.1 Å². The fourth-order valence-electron chi connectivity index (χ4n) is 2.29. The Balaban J connectivity index is 2.29. The average molecular weight is 391 g/mol. The molecule has 9 nitrogen and oxygen atoms in total. The monoisotopic (exact) mass is 391 g/mol. The van der Waals surface area contributed by atoms with Crippen molar-refractivity contribution in [1.82, 2.24) is 0 Å². The largest absolute Gasteiger partial charge is 0.505 e. The zero-order chi connectivity index (χ0) is 18.8. The van der Waals surface area contributed by atoms with Crippen LogP contribution in [-0.2, 0) is 20.2 Å². The Morgan fingerprint density at radius 2 is 1.76 bits per heavy atom. The fourth-order valence-corrected chi connectivity index (χ4v) is 3.51. The van der Waals surface area contributed by atoms with Crippen molar-refractivity contribution in [1.29, 1.82) is 0 Å². The molecular weight excluding hydrogens is 374 g/mol. The van der Waals surface area contributed by atoms with Crippen LogP contribution >= 0.6 is 0 Å². The number of nitrogens with two attached hydrogens (primary N) is 1. The molecule has 2 aromatic carbocycles. The summed E-state index contributed by atoms with van der Waals surface area (Å²) >= 11 is 0. The summed E-state index contributed by atoms with van der Waals surface area (Å²) < 4.78 is 67.2. The van der Waals surface area contributed by atoms with Gasteiger partial charge in [0.1, 0.15) is 10.6 Å². The average Bonchev–Trinajstić information content (AvgIpc) is 2.48. The van der Waals surface area contributed by atoms with Gasteiger partial charge in [0.2, 0.25) is 0 Å². The van der Waals surface area contributed by atoms with E-state index < -0.39 is 36.6 Å². The van der Waals surface area contributed by atoms with Gasteiger partial charge in [0, 0.05) is 0 Å². The van der Waals surface area contributed by atoms with Crippen LogP contribution in [0.4, 0.5) is 5.69 Å². The first-order valence-corrected chi connectivity index (χ1v) is 10.2. The second-order valence-corrected chi connectivity index (χ2v) is 8.27. The molecule has 0 fully saturated rings. The van der Waals surface area contributed by atoms with Crippen molar-refractivity contribution >= 4 is 36.7 Å². The number of aromatic hydroxyl groups is 1. The summed E-state index contributed by atoms with van der Waals surface area (Å²) in [5.41, 5.74) is 5.09. The van der Waals surface area contributed by atoms with Crippen molar-refractivity contribution in [2.24, 2.45) is 0 Å². The third-order valence-electron chi connectivity index (χ3n) is 3.43. The smallest absolute Gasteiger partial charge is 0.296 e. The van der Waals surface area contributed by atoms with Gasteiger partial charge in [-0.15, -0.1) is 0 Å². The zero-order valence-electron chi connectivity index (χ0n) is 12.9. The Bertz CT molecular complexity index is 999. The molecule has 0 aliphatic heterocycles. The number of anilines is 1. The first-order chi connectivity index (χ1) is 11.5. The van der Waals surface area contributed by atoms with E-state index in [1.165, 1.54) is 12.1 Å². The van der Waals surface area contributed by atoms with E-state index >= 15 is 0 Å². The number of benzene rings is 2. The summed E-state index contributed by atoms with van der Waals surface area (Å²) in [4.78, 5) is -0.609. The molecule has 0 saturated carbocycles. The van der Waals surface area contributed by atoms with E-state index in [0.717, 1.165) is 6.07 Å². The first-order valence-electron chi connectivity index (χ1n) is 7.10. The SMILES string of the molecule is Nc1c(S(=O)(=O)O)cc2cccc(OCCCCS(=O)(=O)O)c2c1O. The minimum atomic E-state index is -4.60. The Morgan fingerprint density at radius 3 is 2.36 bits per heavy atom. The molecule has 0 radical (unpaired) electrons. The van der Waals surface area contributed by atoms with E-state index in [9.17, 15) is 21.9 Å². The lowest BCUT2D eigenvalue weighted by atomic mass is 10.1. The molecule has 0 heterocycles. The second kappa shape index (κ2) is 7.04. The van der Waals surface area contributed by atoms with Crippen LogP contribution in [0.1, 0.15) is 12.8 Å². The molecule has 0 bridgehead atoms. The minimum Gasteiger partial charge on any atom is -0.505 e. The molecule has 0 saturated heterocycles. The van der Waals surface area contributed by atoms with Crippen molar-refractivity contribution in [2.45, 2.75) is 17.7 Å². The van der Waals surface area contributed by atoms with Crippen LogP contribution in [0.2, 0.25) is 0 Å². The molecule has 5 N–H and O–H groups in total. The summed E-state index contributed by atoms with van der Waals surface area (Å²) in [6.45, 7) is 0.105. The normalized spacial score (nSPS) is 12.4. The second-order valence-electron chi connectivity index (χ2n) is 5.31. The third-order valence-corrected chi connectivity index (χ3v) is 5.13. The highest BCUT2D eigenvalue weighted by Crippen LogP contribution is 2.41. The predicted octanol–water partition coefficient (Wildman–Crippen LogP) is 1.42. The van der Waals surface area contributed by atoms with Crippen LogP contribution in [0, 0.1) is 0 Å².